The van der Waals surface area contributed by atoms with Crippen molar-refractivity contribution in [3.63, 3.8) is 0 Å². The molecular weight excluding hydrogens is 330 g/mol. The third kappa shape index (κ3) is 4.12. The van der Waals surface area contributed by atoms with Crippen molar-refractivity contribution in [2.75, 3.05) is 0 Å². The average molecular weight is 355 g/mol. The molecule has 1 aliphatic carbocycles. The molecule has 0 bridgehead atoms. The van der Waals surface area contributed by atoms with Crippen molar-refractivity contribution >= 4 is 5.91 Å². The minimum absolute atomic E-state index is 0.105. The van der Waals surface area contributed by atoms with Crippen LogP contribution < -0.4 is 15.5 Å². The molecular formula is C20H25N3O3. The molecule has 0 aliphatic heterocycles. The SMILES string of the molecule is Cc1ncccc1OC1CCC(NC(=O)c2cc(=O)cc(C)n2C)CC1. The zero-order valence-electron chi connectivity index (χ0n) is 15.5. The number of amides is 1. The molecule has 0 atom stereocenters. The Hall–Kier alpha value is -2.63. The molecule has 0 spiro atoms. The molecule has 0 radical (unpaired) electrons. The van der Waals surface area contributed by atoms with E-state index >= 15 is 0 Å². The highest BCUT2D eigenvalue weighted by Crippen LogP contribution is 2.25. The van der Waals surface area contributed by atoms with Gasteiger partial charge in [-0.25, -0.2) is 0 Å². The molecule has 2 aromatic rings. The number of nitrogens with one attached hydrogen (secondary N) is 1. The van der Waals surface area contributed by atoms with Crippen LogP contribution in [0.15, 0.2) is 35.3 Å². The van der Waals surface area contributed by atoms with E-state index in [0.29, 0.717) is 5.69 Å². The fourth-order valence-corrected chi connectivity index (χ4v) is 3.34. The van der Waals surface area contributed by atoms with Crippen molar-refractivity contribution < 1.29 is 9.53 Å². The molecule has 138 valence electrons. The molecule has 2 heterocycles. The maximum Gasteiger partial charge on any atom is 0.268 e. The summed E-state index contributed by atoms with van der Waals surface area (Å²) in [5.41, 5.74) is 1.92. The van der Waals surface area contributed by atoms with Crippen LogP contribution in [0.3, 0.4) is 0 Å². The van der Waals surface area contributed by atoms with E-state index in [0.717, 1.165) is 42.8 Å². The molecule has 6 nitrogen and oxygen atoms in total. The van der Waals surface area contributed by atoms with Gasteiger partial charge in [0.05, 0.1) is 11.8 Å². The summed E-state index contributed by atoms with van der Waals surface area (Å²) in [5, 5.41) is 3.06. The largest absolute Gasteiger partial charge is 0.489 e. The average Bonchev–Trinajstić information content (AvgIpc) is 2.61. The van der Waals surface area contributed by atoms with Gasteiger partial charge in [0.2, 0.25) is 0 Å². The number of ether oxygens (including phenoxy) is 1. The maximum absolute atomic E-state index is 12.5. The molecule has 1 amide bonds. The fourth-order valence-electron chi connectivity index (χ4n) is 3.34. The minimum atomic E-state index is -0.194. The van der Waals surface area contributed by atoms with Crippen LogP contribution in [-0.4, -0.2) is 27.6 Å². The third-order valence-electron chi connectivity index (χ3n) is 5.01. The van der Waals surface area contributed by atoms with Crippen LogP contribution in [0.4, 0.5) is 0 Å². The second-order valence-corrected chi connectivity index (χ2v) is 6.93. The first kappa shape index (κ1) is 18.2. The van der Waals surface area contributed by atoms with E-state index in [-0.39, 0.29) is 23.5 Å². The van der Waals surface area contributed by atoms with Crippen LogP contribution >= 0.6 is 0 Å². The Labute approximate surface area is 153 Å². The van der Waals surface area contributed by atoms with Gasteiger partial charge in [0.25, 0.3) is 5.91 Å². The van der Waals surface area contributed by atoms with Crippen molar-refractivity contribution in [1.82, 2.24) is 14.9 Å². The van der Waals surface area contributed by atoms with Crippen LogP contribution in [0.1, 0.15) is 47.6 Å². The van der Waals surface area contributed by atoms with Gasteiger partial charge in [-0.2, -0.15) is 0 Å². The number of carbonyl (C=O) groups excluding carboxylic acids is 1. The summed E-state index contributed by atoms with van der Waals surface area (Å²) in [4.78, 5) is 28.5. The Morgan fingerprint density at radius 1 is 1.23 bits per heavy atom. The minimum Gasteiger partial charge on any atom is -0.489 e. The highest BCUT2D eigenvalue weighted by molar-refractivity contribution is 5.92. The smallest absolute Gasteiger partial charge is 0.268 e. The van der Waals surface area contributed by atoms with Crippen LogP contribution in [-0.2, 0) is 7.05 Å². The Balaban J connectivity index is 1.57. The Morgan fingerprint density at radius 2 is 1.96 bits per heavy atom. The second-order valence-electron chi connectivity index (χ2n) is 6.93. The Bertz CT molecular complexity index is 852. The molecule has 26 heavy (non-hydrogen) atoms. The zero-order chi connectivity index (χ0) is 18.7. The van der Waals surface area contributed by atoms with Crippen molar-refractivity contribution in [3.05, 3.63) is 57.8 Å². The van der Waals surface area contributed by atoms with Crippen LogP contribution in [0.5, 0.6) is 5.75 Å². The third-order valence-corrected chi connectivity index (χ3v) is 5.01. The number of aryl methyl sites for hydroxylation is 2. The van der Waals surface area contributed by atoms with Crippen molar-refractivity contribution in [2.24, 2.45) is 7.05 Å². The van der Waals surface area contributed by atoms with E-state index in [1.165, 1.54) is 12.1 Å². The summed E-state index contributed by atoms with van der Waals surface area (Å²) >= 11 is 0. The van der Waals surface area contributed by atoms with Gasteiger partial charge in [0.15, 0.2) is 5.43 Å². The van der Waals surface area contributed by atoms with E-state index in [2.05, 4.69) is 10.3 Å². The van der Waals surface area contributed by atoms with Gasteiger partial charge in [-0.15, -0.1) is 0 Å². The van der Waals surface area contributed by atoms with E-state index in [1.54, 1.807) is 17.8 Å². The lowest BCUT2D eigenvalue weighted by Gasteiger charge is -2.30. The zero-order valence-corrected chi connectivity index (χ0v) is 15.5. The molecule has 6 heteroatoms. The first-order chi connectivity index (χ1) is 12.4. The molecule has 0 aromatic carbocycles. The lowest BCUT2D eigenvalue weighted by molar-refractivity contribution is 0.0884. The van der Waals surface area contributed by atoms with Crippen LogP contribution in [0, 0.1) is 13.8 Å². The molecule has 1 aliphatic rings. The fraction of sp³-hybridized carbons (Fsp3) is 0.450. The van der Waals surface area contributed by atoms with Crippen molar-refractivity contribution in [1.29, 1.82) is 0 Å². The van der Waals surface area contributed by atoms with Crippen LogP contribution in [0.2, 0.25) is 0 Å². The van der Waals surface area contributed by atoms with Crippen molar-refractivity contribution in [3.8, 4) is 5.75 Å². The number of hydrogen-bond acceptors (Lipinski definition) is 4. The Morgan fingerprint density at radius 3 is 2.65 bits per heavy atom. The van der Waals surface area contributed by atoms with Gasteiger partial charge in [-0.05, 0) is 51.7 Å². The summed E-state index contributed by atoms with van der Waals surface area (Å²) < 4.78 is 7.80. The first-order valence-corrected chi connectivity index (χ1v) is 9.01. The molecule has 1 saturated carbocycles. The predicted molar refractivity (Wildman–Crippen MR) is 99.5 cm³/mol. The van der Waals surface area contributed by atoms with E-state index in [4.69, 9.17) is 4.74 Å². The summed E-state index contributed by atoms with van der Waals surface area (Å²) in [6.45, 7) is 3.76. The standard InChI is InChI=1S/C20H25N3O3/c1-13-11-16(24)12-18(23(13)3)20(25)22-15-6-8-17(9-7-15)26-19-5-4-10-21-14(19)2/h4-5,10-12,15,17H,6-9H2,1-3H3,(H,22,25). The number of pyridine rings is 2. The van der Waals surface area contributed by atoms with Gasteiger partial charge in [-0.3, -0.25) is 14.6 Å². The Kier molecular flexibility index (Phi) is 5.40. The lowest BCUT2D eigenvalue weighted by Crippen LogP contribution is -2.41. The topological polar surface area (TPSA) is 73.2 Å². The molecule has 0 unspecified atom stereocenters. The van der Waals surface area contributed by atoms with E-state index in [1.807, 2.05) is 26.0 Å². The summed E-state index contributed by atoms with van der Waals surface area (Å²) in [7, 11) is 1.80. The molecule has 0 saturated heterocycles. The normalized spacial score (nSPS) is 19.8. The number of aromatic nitrogens is 2. The first-order valence-electron chi connectivity index (χ1n) is 9.01. The number of carbonyl (C=O) groups is 1. The van der Waals surface area contributed by atoms with E-state index < -0.39 is 0 Å². The summed E-state index contributed by atoms with van der Waals surface area (Å²) in [5.74, 6) is 0.635. The van der Waals surface area contributed by atoms with Crippen LogP contribution in [0.25, 0.3) is 0 Å². The van der Waals surface area contributed by atoms with Gasteiger partial charge >= 0.3 is 0 Å². The van der Waals surface area contributed by atoms with Gasteiger partial charge in [0, 0.05) is 37.1 Å². The monoisotopic (exact) mass is 355 g/mol. The number of nitrogens with zero attached hydrogens (tertiary/aromatic N) is 2. The maximum atomic E-state index is 12.5. The van der Waals surface area contributed by atoms with Gasteiger partial charge in [-0.1, -0.05) is 0 Å². The summed E-state index contributed by atoms with van der Waals surface area (Å²) in [6.07, 6.45) is 5.38. The van der Waals surface area contributed by atoms with Gasteiger partial charge in [0.1, 0.15) is 11.4 Å². The predicted octanol–water partition coefficient (Wildman–Crippen LogP) is 2.52. The molecule has 3 rings (SSSR count). The highest BCUT2D eigenvalue weighted by atomic mass is 16.5. The second kappa shape index (κ2) is 7.72. The number of rotatable bonds is 4. The van der Waals surface area contributed by atoms with Gasteiger partial charge < -0.3 is 14.6 Å². The molecule has 2 aromatic heterocycles. The molecule has 1 N–H and O–H groups in total. The quantitative estimate of drug-likeness (QED) is 0.915. The molecule has 1 fully saturated rings. The highest BCUT2D eigenvalue weighted by Gasteiger charge is 2.25. The van der Waals surface area contributed by atoms with E-state index in [9.17, 15) is 9.59 Å². The lowest BCUT2D eigenvalue weighted by atomic mass is 9.92. The number of hydrogen-bond donors (Lipinski definition) is 1. The van der Waals surface area contributed by atoms with Crippen molar-refractivity contribution in [2.45, 2.75) is 51.7 Å². The summed E-state index contributed by atoms with van der Waals surface area (Å²) in [6, 6.07) is 6.84.